The van der Waals surface area contributed by atoms with E-state index in [0.717, 1.165) is 0 Å². The number of nitrogen functional groups attached to an aromatic ring is 1. The molecule has 5 heteroatoms. The molecule has 1 rings (SSSR count). The molecule has 0 unspecified atom stereocenters. The van der Waals surface area contributed by atoms with Crippen molar-refractivity contribution in [1.29, 1.82) is 0 Å². The zero-order chi connectivity index (χ0) is 8.27. The predicted octanol–water partition coefficient (Wildman–Crippen LogP) is 1.25. The van der Waals surface area contributed by atoms with Gasteiger partial charge in [0.05, 0.1) is 5.56 Å². The van der Waals surface area contributed by atoms with E-state index in [1.807, 2.05) is 0 Å². The second-order valence-electron chi connectivity index (χ2n) is 2.03. The standard InChI is InChI=1S/C7H8N2O2.BrH/c8-9-6-3-1-2-5(4-6)7(10)11;/h1-4,9H,8H2,(H,10,11);1H. The number of benzene rings is 1. The minimum Gasteiger partial charge on any atom is -0.478 e. The molecule has 0 amide bonds. The Balaban J connectivity index is 0.00000121. The first-order valence-corrected chi connectivity index (χ1v) is 3.04. The topological polar surface area (TPSA) is 75.3 Å². The smallest absolute Gasteiger partial charge is 0.335 e. The van der Waals surface area contributed by atoms with E-state index < -0.39 is 5.97 Å². The number of halogens is 1. The molecule has 4 nitrogen and oxygen atoms in total. The molecule has 0 bridgehead atoms. The summed E-state index contributed by atoms with van der Waals surface area (Å²) >= 11 is 0. The average molecular weight is 233 g/mol. The number of carboxylic acids is 1. The fourth-order valence-electron chi connectivity index (χ4n) is 0.742. The van der Waals surface area contributed by atoms with E-state index in [1.54, 1.807) is 12.1 Å². The van der Waals surface area contributed by atoms with Crippen molar-refractivity contribution in [2.75, 3.05) is 5.43 Å². The highest BCUT2D eigenvalue weighted by atomic mass is 79.9. The van der Waals surface area contributed by atoms with Crippen LogP contribution in [0.4, 0.5) is 5.69 Å². The lowest BCUT2D eigenvalue weighted by atomic mass is 10.2. The van der Waals surface area contributed by atoms with Crippen LogP contribution in [0.3, 0.4) is 0 Å². The predicted molar refractivity (Wildman–Crippen MR) is 51.5 cm³/mol. The Hall–Kier alpha value is -1.07. The van der Waals surface area contributed by atoms with Crippen LogP contribution in [0.15, 0.2) is 24.3 Å². The molecule has 1 aromatic carbocycles. The Morgan fingerprint density at radius 2 is 2.17 bits per heavy atom. The molecule has 4 N–H and O–H groups in total. The number of nitrogens with one attached hydrogen (secondary N) is 1. The number of hydrazine groups is 1. The van der Waals surface area contributed by atoms with Crippen molar-refractivity contribution in [3.8, 4) is 0 Å². The molecule has 12 heavy (non-hydrogen) atoms. The van der Waals surface area contributed by atoms with Crippen LogP contribution in [-0.2, 0) is 0 Å². The normalized spacial score (nSPS) is 8.42. The van der Waals surface area contributed by atoms with Crippen molar-refractivity contribution < 1.29 is 9.90 Å². The van der Waals surface area contributed by atoms with E-state index in [-0.39, 0.29) is 22.5 Å². The third kappa shape index (κ3) is 2.52. The molecule has 0 aliphatic rings. The van der Waals surface area contributed by atoms with Crippen LogP contribution < -0.4 is 11.3 Å². The maximum Gasteiger partial charge on any atom is 0.335 e. The van der Waals surface area contributed by atoms with Crippen molar-refractivity contribution in [3.05, 3.63) is 29.8 Å². The van der Waals surface area contributed by atoms with Crippen LogP contribution in [0, 0.1) is 0 Å². The molecule has 0 aliphatic heterocycles. The molecular weight excluding hydrogens is 224 g/mol. The summed E-state index contributed by atoms with van der Waals surface area (Å²) < 4.78 is 0. The van der Waals surface area contributed by atoms with Gasteiger partial charge in [-0.25, -0.2) is 4.79 Å². The maximum atomic E-state index is 10.4. The SMILES string of the molecule is Br.NNc1cccc(C(=O)O)c1. The first-order valence-electron chi connectivity index (χ1n) is 3.04. The Labute approximate surface area is 80.1 Å². The third-order valence-corrected chi connectivity index (χ3v) is 1.28. The molecule has 0 aromatic heterocycles. The Bertz CT molecular complexity index is 278. The van der Waals surface area contributed by atoms with Crippen molar-refractivity contribution >= 4 is 28.6 Å². The molecule has 0 spiro atoms. The summed E-state index contributed by atoms with van der Waals surface area (Å²) in [6, 6.07) is 6.27. The van der Waals surface area contributed by atoms with E-state index in [2.05, 4.69) is 5.43 Å². The highest BCUT2D eigenvalue weighted by molar-refractivity contribution is 8.93. The molecule has 0 fully saturated rings. The summed E-state index contributed by atoms with van der Waals surface area (Å²) in [5.74, 6) is 4.12. The van der Waals surface area contributed by atoms with E-state index >= 15 is 0 Å². The first-order chi connectivity index (χ1) is 5.24. The summed E-state index contributed by atoms with van der Waals surface area (Å²) in [6.07, 6.45) is 0. The summed E-state index contributed by atoms with van der Waals surface area (Å²) in [5.41, 5.74) is 3.17. The highest BCUT2D eigenvalue weighted by Gasteiger charge is 2.00. The monoisotopic (exact) mass is 232 g/mol. The number of aromatic carboxylic acids is 1. The third-order valence-electron chi connectivity index (χ3n) is 1.28. The molecule has 0 radical (unpaired) electrons. The molecule has 66 valence electrons. The fourth-order valence-corrected chi connectivity index (χ4v) is 0.742. The molecule has 1 aromatic rings. The zero-order valence-electron chi connectivity index (χ0n) is 6.15. The van der Waals surface area contributed by atoms with E-state index in [9.17, 15) is 4.79 Å². The molecular formula is C7H9BrN2O2. The number of rotatable bonds is 2. The number of carboxylic acid groups (broad SMARTS) is 1. The molecule has 0 heterocycles. The molecule has 0 saturated heterocycles. The van der Waals surface area contributed by atoms with Crippen molar-refractivity contribution in [2.24, 2.45) is 5.84 Å². The van der Waals surface area contributed by atoms with Gasteiger partial charge in [0.25, 0.3) is 0 Å². The summed E-state index contributed by atoms with van der Waals surface area (Å²) in [6.45, 7) is 0. The lowest BCUT2D eigenvalue weighted by molar-refractivity contribution is 0.0697. The maximum absolute atomic E-state index is 10.4. The lowest BCUT2D eigenvalue weighted by Gasteiger charge is -1.99. The Morgan fingerprint density at radius 1 is 1.50 bits per heavy atom. The van der Waals surface area contributed by atoms with Crippen LogP contribution in [0.5, 0.6) is 0 Å². The zero-order valence-corrected chi connectivity index (χ0v) is 7.86. The van der Waals surface area contributed by atoms with Crippen LogP contribution in [0.2, 0.25) is 0 Å². The van der Waals surface area contributed by atoms with Gasteiger partial charge in [-0.15, -0.1) is 17.0 Å². The van der Waals surface area contributed by atoms with Crippen LogP contribution in [0.1, 0.15) is 10.4 Å². The number of hydrogen-bond acceptors (Lipinski definition) is 3. The van der Waals surface area contributed by atoms with Crippen molar-refractivity contribution in [3.63, 3.8) is 0 Å². The van der Waals surface area contributed by atoms with E-state index in [4.69, 9.17) is 10.9 Å². The van der Waals surface area contributed by atoms with E-state index in [1.165, 1.54) is 12.1 Å². The summed E-state index contributed by atoms with van der Waals surface area (Å²) in [4.78, 5) is 10.4. The minimum absolute atomic E-state index is 0. The molecule has 0 atom stereocenters. The van der Waals surface area contributed by atoms with Gasteiger partial charge in [-0.05, 0) is 18.2 Å². The fraction of sp³-hybridized carbons (Fsp3) is 0. The highest BCUT2D eigenvalue weighted by Crippen LogP contribution is 2.08. The number of anilines is 1. The number of carbonyl (C=O) groups is 1. The Kier molecular flexibility index (Phi) is 4.31. The van der Waals surface area contributed by atoms with Crippen LogP contribution in [0.25, 0.3) is 0 Å². The van der Waals surface area contributed by atoms with Gasteiger partial charge in [0.15, 0.2) is 0 Å². The van der Waals surface area contributed by atoms with Gasteiger partial charge in [-0.1, -0.05) is 6.07 Å². The minimum atomic E-state index is -0.956. The lowest BCUT2D eigenvalue weighted by Crippen LogP contribution is -2.07. The summed E-state index contributed by atoms with van der Waals surface area (Å²) in [7, 11) is 0. The van der Waals surface area contributed by atoms with Crippen molar-refractivity contribution in [2.45, 2.75) is 0 Å². The molecule has 0 saturated carbocycles. The average Bonchev–Trinajstić information content (AvgIpc) is 2.05. The van der Waals surface area contributed by atoms with Gasteiger partial charge in [0, 0.05) is 5.69 Å². The number of hydrogen-bond donors (Lipinski definition) is 3. The second-order valence-corrected chi connectivity index (χ2v) is 2.03. The van der Waals surface area contributed by atoms with Gasteiger partial charge in [-0.3, -0.25) is 5.84 Å². The van der Waals surface area contributed by atoms with Crippen LogP contribution in [-0.4, -0.2) is 11.1 Å². The molecule has 0 aliphatic carbocycles. The van der Waals surface area contributed by atoms with Crippen LogP contribution >= 0.6 is 17.0 Å². The number of nitrogens with two attached hydrogens (primary N) is 1. The van der Waals surface area contributed by atoms with Crippen molar-refractivity contribution in [1.82, 2.24) is 0 Å². The first kappa shape index (κ1) is 10.9. The van der Waals surface area contributed by atoms with Gasteiger partial charge in [0.1, 0.15) is 0 Å². The summed E-state index contributed by atoms with van der Waals surface area (Å²) in [5, 5.41) is 8.54. The second kappa shape index (κ2) is 4.74. The van der Waals surface area contributed by atoms with Gasteiger partial charge in [0.2, 0.25) is 0 Å². The van der Waals surface area contributed by atoms with Gasteiger partial charge < -0.3 is 10.5 Å². The van der Waals surface area contributed by atoms with Gasteiger partial charge in [-0.2, -0.15) is 0 Å². The quantitative estimate of drug-likeness (QED) is 0.530. The Morgan fingerprint density at radius 3 is 2.67 bits per heavy atom. The van der Waals surface area contributed by atoms with Gasteiger partial charge >= 0.3 is 5.97 Å². The van der Waals surface area contributed by atoms with E-state index in [0.29, 0.717) is 5.69 Å². The largest absolute Gasteiger partial charge is 0.478 e.